The first-order chi connectivity index (χ1) is 7.65. The predicted molar refractivity (Wildman–Crippen MR) is 62.9 cm³/mol. The van der Waals surface area contributed by atoms with Crippen molar-refractivity contribution in [2.75, 3.05) is 6.61 Å². The van der Waals surface area contributed by atoms with Gasteiger partial charge in [-0.05, 0) is 12.5 Å². The number of ether oxygens (including phenoxy) is 1. The summed E-state index contributed by atoms with van der Waals surface area (Å²) in [6.07, 6.45) is 2.43. The second-order valence-corrected chi connectivity index (χ2v) is 3.43. The van der Waals surface area contributed by atoms with E-state index in [9.17, 15) is 10.1 Å². The topological polar surface area (TPSA) is 52.4 Å². The molecule has 0 spiro atoms. The Hall–Kier alpha value is -1.84. The number of hydrogen-bond donors (Lipinski definition) is 0. The molecule has 0 radical (unpaired) electrons. The molecule has 0 N–H and O–H groups in total. The lowest BCUT2D eigenvalue weighted by Gasteiger charge is -2.07. The lowest BCUT2D eigenvalue weighted by atomic mass is 10.2. The van der Waals surface area contributed by atoms with Crippen LogP contribution in [-0.2, 0) is 0 Å². The molecular formula is C12H15NO3. The molecule has 1 rings (SSSR count). The van der Waals surface area contributed by atoms with Crippen molar-refractivity contribution < 1.29 is 9.66 Å². The van der Waals surface area contributed by atoms with Crippen molar-refractivity contribution in [2.45, 2.75) is 20.3 Å². The molecule has 0 bridgehead atoms. The van der Waals surface area contributed by atoms with Crippen molar-refractivity contribution in [3.63, 3.8) is 0 Å². The third kappa shape index (κ3) is 3.38. The number of hydrogen-bond acceptors (Lipinski definition) is 3. The van der Waals surface area contributed by atoms with Gasteiger partial charge in [-0.1, -0.05) is 25.1 Å². The van der Waals surface area contributed by atoms with Gasteiger partial charge in [0.05, 0.1) is 11.5 Å². The van der Waals surface area contributed by atoms with Crippen LogP contribution in [0.3, 0.4) is 0 Å². The highest BCUT2D eigenvalue weighted by atomic mass is 16.6. The van der Waals surface area contributed by atoms with E-state index in [0.717, 1.165) is 12.0 Å². The van der Waals surface area contributed by atoms with Crippen LogP contribution in [0.4, 0.5) is 0 Å². The fraction of sp³-hybridized carbons (Fsp3) is 0.333. The Morgan fingerprint density at radius 3 is 2.81 bits per heavy atom. The predicted octanol–water partition coefficient (Wildman–Crippen LogP) is 3.11. The molecule has 0 unspecified atom stereocenters. The highest BCUT2D eigenvalue weighted by Crippen LogP contribution is 2.21. The van der Waals surface area contributed by atoms with Crippen molar-refractivity contribution in [3.8, 4) is 5.75 Å². The van der Waals surface area contributed by atoms with Gasteiger partial charge < -0.3 is 4.74 Å². The van der Waals surface area contributed by atoms with E-state index in [4.69, 9.17) is 4.74 Å². The molecule has 86 valence electrons. The Morgan fingerprint density at radius 2 is 2.19 bits per heavy atom. The minimum Gasteiger partial charge on any atom is -0.493 e. The second kappa shape index (κ2) is 5.90. The summed E-state index contributed by atoms with van der Waals surface area (Å²) in [6.45, 7) is 4.10. The molecule has 0 saturated heterocycles. The van der Waals surface area contributed by atoms with E-state index in [1.54, 1.807) is 6.07 Å². The lowest BCUT2D eigenvalue weighted by molar-refractivity contribution is -0.422. The molecule has 16 heavy (non-hydrogen) atoms. The van der Waals surface area contributed by atoms with Crippen LogP contribution < -0.4 is 4.74 Å². The zero-order valence-electron chi connectivity index (χ0n) is 9.47. The number of benzene rings is 1. The third-order valence-electron chi connectivity index (χ3n) is 2.03. The number of nitrogens with zero attached hydrogens (tertiary/aromatic N) is 1. The van der Waals surface area contributed by atoms with Crippen LogP contribution in [0.5, 0.6) is 5.75 Å². The maximum atomic E-state index is 10.5. The molecule has 0 atom stereocenters. The molecule has 1 aromatic rings. The second-order valence-electron chi connectivity index (χ2n) is 3.43. The fourth-order valence-electron chi connectivity index (χ4n) is 1.22. The Labute approximate surface area is 94.7 Å². The van der Waals surface area contributed by atoms with Crippen LogP contribution in [-0.4, -0.2) is 11.5 Å². The average Bonchev–Trinajstić information content (AvgIpc) is 2.27. The first-order valence-electron chi connectivity index (χ1n) is 5.19. The van der Waals surface area contributed by atoms with Crippen LogP contribution in [0.2, 0.25) is 0 Å². The number of nitro groups is 1. The third-order valence-corrected chi connectivity index (χ3v) is 2.03. The Bertz CT molecular complexity index is 399. The van der Waals surface area contributed by atoms with Gasteiger partial charge in [-0.3, -0.25) is 10.1 Å². The van der Waals surface area contributed by atoms with Gasteiger partial charge in [-0.2, -0.15) is 0 Å². The van der Waals surface area contributed by atoms with Crippen LogP contribution in [0.15, 0.2) is 30.0 Å². The largest absolute Gasteiger partial charge is 0.493 e. The summed E-state index contributed by atoms with van der Waals surface area (Å²) in [6, 6.07) is 7.30. The monoisotopic (exact) mass is 221 g/mol. The summed E-state index contributed by atoms with van der Waals surface area (Å²) in [5.74, 6) is 0.686. The van der Waals surface area contributed by atoms with Gasteiger partial charge in [0.25, 0.3) is 0 Å². The minimum absolute atomic E-state index is 0.104. The van der Waals surface area contributed by atoms with Gasteiger partial charge in [0.2, 0.25) is 5.70 Å². The standard InChI is InChI=1S/C12H15NO3/c1-3-8-16-12-7-5-4-6-11(12)9-10(2)13(14)15/h4-7,9H,3,8H2,1-2H3/b10-9-. The van der Waals surface area contributed by atoms with Gasteiger partial charge in [0.15, 0.2) is 0 Å². The summed E-state index contributed by atoms with van der Waals surface area (Å²) >= 11 is 0. The molecule has 4 nitrogen and oxygen atoms in total. The van der Waals surface area contributed by atoms with Crippen LogP contribution >= 0.6 is 0 Å². The molecule has 0 aliphatic heterocycles. The maximum Gasteiger partial charge on any atom is 0.243 e. The van der Waals surface area contributed by atoms with E-state index in [-0.39, 0.29) is 5.70 Å². The van der Waals surface area contributed by atoms with Crippen molar-refractivity contribution in [2.24, 2.45) is 0 Å². The van der Waals surface area contributed by atoms with E-state index in [0.29, 0.717) is 12.4 Å². The van der Waals surface area contributed by atoms with Crippen molar-refractivity contribution in [1.29, 1.82) is 0 Å². The summed E-state index contributed by atoms with van der Waals surface area (Å²) in [4.78, 5) is 10.1. The Morgan fingerprint density at radius 1 is 1.50 bits per heavy atom. The molecule has 0 aliphatic carbocycles. The van der Waals surface area contributed by atoms with Gasteiger partial charge in [0.1, 0.15) is 5.75 Å². The first-order valence-corrected chi connectivity index (χ1v) is 5.19. The normalized spacial score (nSPS) is 11.2. The van der Waals surface area contributed by atoms with Crippen LogP contribution in [0.1, 0.15) is 25.8 Å². The summed E-state index contributed by atoms with van der Waals surface area (Å²) in [5, 5.41) is 10.5. The molecule has 4 heteroatoms. The molecule has 0 heterocycles. The summed E-state index contributed by atoms with van der Waals surface area (Å²) < 4.78 is 5.50. The lowest BCUT2D eigenvalue weighted by Crippen LogP contribution is -1.98. The van der Waals surface area contributed by atoms with E-state index in [1.807, 2.05) is 25.1 Å². The molecule has 0 saturated carbocycles. The van der Waals surface area contributed by atoms with Gasteiger partial charge in [0, 0.05) is 18.6 Å². The number of allylic oxidation sites excluding steroid dienone is 1. The Balaban J connectivity index is 2.94. The highest BCUT2D eigenvalue weighted by Gasteiger charge is 2.06. The van der Waals surface area contributed by atoms with E-state index in [1.165, 1.54) is 13.0 Å². The van der Waals surface area contributed by atoms with Crippen molar-refractivity contribution in [1.82, 2.24) is 0 Å². The van der Waals surface area contributed by atoms with Crippen LogP contribution in [0, 0.1) is 10.1 Å². The van der Waals surface area contributed by atoms with E-state index in [2.05, 4.69) is 0 Å². The zero-order chi connectivity index (χ0) is 12.0. The SMILES string of the molecule is CCCOc1ccccc1/C=C(/C)[N+](=O)[O-]. The first kappa shape index (κ1) is 12.2. The molecule has 0 fully saturated rings. The number of rotatable bonds is 5. The summed E-state index contributed by atoms with van der Waals surface area (Å²) in [5.41, 5.74) is 0.845. The van der Waals surface area contributed by atoms with Crippen molar-refractivity contribution >= 4 is 6.08 Å². The molecule has 0 aromatic heterocycles. The molecule has 0 amide bonds. The van der Waals surface area contributed by atoms with E-state index >= 15 is 0 Å². The smallest absolute Gasteiger partial charge is 0.243 e. The zero-order valence-corrected chi connectivity index (χ0v) is 9.47. The molecule has 1 aromatic carbocycles. The summed E-state index contributed by atoms with van der Waals surface area (Å²) in [7, 11) is 0. The van der Waals surface area contributed by atoms with Crippen LogP contribution in [0.25, 0.3) is 6.08 Å². The van der Waals surface area contributed by atoms with Gasteiger partial charge in [-0.15, -0.1) is 0 Å². The quantitative estimate of drug-likeness (QED) is 0.567. The van der Waals surface area contributed by atoms with Crippen molar-refractivity contribution in [3.05, 3.63) is 45.6 Å². The van der Waals surface area contributed by atoms with Gasteiger partial charge >= 0.3 is 0 Å². The number of para-hydroxylation sites is 1. The average molecular weight is 221 g/mol. The minimum atomic E-state index is -0.406. The van der Waals surface area contributed by atoms with E-state index < -0.39 is 4.92 Å². The Kier molecular flexibility index (Phi) is 4.51. The maximum absolute atomic E-state index is 10.5. The van der Waals surface area contributed by atoms with Gasteiger partial charge in [-0.25, -0.2) is 0 Å². The highest BCUT2D eigenvalue weighted by molar-refractivity contribution is 5.58. The fourth-order valence-corrected chi connectivity index (χ4v) is 1.22. The molecular weight excluding hydrogens is 206 g/mol. The molecule has 0 aliphatic rings.